The second-order valence-corrected chi connectivity index (χ2v) is 11.1. The summed E-state index contributed by atoms with van der Waals surface area (Å²) in [6.45, 7) is 0. The molecule has 0 fully saturated rings. The molecule has 1 aliphatic carbocycles. The summed E-state index contributed by atoms with van der Waals surface area (Å²) in [6.07, 6.45) is 0. The first-order chi connectivity index (χ1) is 22.4. The molecule has 0 atom stereocenters. The van der Waals surface area contributed by atoms with E-state index in [1.807, 2.05) is 0 Å². The van der Waals surface area contributed by atoms with Gasteiger partial charge in [-0.25, -0.2) is 0 Å². The Kier molecular flexibility index (Phi) is 8.19. The van der Waals surface area contributed by atoms with Crippen molar-refractivity contribution in [2.45, 2.75) is 0 Å². The fourth-order valence-electron chi connectivity index (χ4n) is 4.64. The lowest BCUT2D eigenvalue weighted by Crippen LogP contribution is -2.27. The molecule has 0 amide bonds. The number of allylic oxidation sites excluding steroid dienone is 1. The summed E-state index contributed by atoms with van der Waals surface area (Å²) in [5.74, 6) is -6.00. The van der Waals surface area contributed by atoms with E-state index in [4.69, 9.17) is 15.2 Å². The van der Waals surface area contributed by atoms with Gasteiger partial charge in [-0.1, -0.05) is 52.7 Å². The van der Waals surface area contributed by atoms with E-state index < -0.39 is 77.7 Å². The molecular formula is C30H16N6O10S. The molecule has 4 aromatic carbocycles. The second kappa shape index (κ2) is 12.2. The number of carbonyl (C=O) groups excluding carboxylic acids is 4. The normalized spacial score (nSPS) is 12.4. The van der Waals surface area contributed by atoms with E-state index in [0.717, 1.165) is 42.5 Å². The molecule has 3 N–H and O–H groups in total. The molecule has 0 saturated carbocycles. The molecule has 0 unspecified atom stereocenters. The van der Waals surface area contributed by atoms with E-state index in [9.17, 15) is 42.9 Å². The zero-order chi connectivity index (χ0) is 34.0. The van der Waals surface area contributed by atoms with Crippen LogP contribution in [0.15, 0.2) is 94.8 Å². The van der Waals surface area contributed by atoms with Gasteiger partial charge in [0.05, 0.1) is 11.1 Å². The molecule has 17 heteroatoms. The van der Waals surface area contributed by atoms with E-state index in [2.05, 4.69) is 20.1 Å². The molecule has 0 aromatic heterocycles. The molecule has 0 radical (unpaired) electrons. The van der Waals surface area contributed by atoms with Crippen molar-refractivity contribution >= 4 is 43.8 Å². The fourth-order valence-corrected chi connectivity index (χ4v) is 5.91. The molecule has 0 spiro atoms. The summed E-state index contributed by atoms with van der Waals surface area (Å²) in [5, 5.41) is 36.6. The lowest BCUT2D eigenvalue weighted by molar-refractivity contribution is -0.111. The van der Waals surface area contributed by atoms with Gasteiger partial charge in [0, 0.05) is 37.8 Å². The molecule has 0 bridgehead atoms. The quantitative estimate of drug-likeness (QED) is 0.0396. The molecule has 0 saturated heterocycles. The van der Waals surface area contributed by atoms with Gasteiger partial charge in [0.25, 0.3) is 0 Å². The van der Waals surface area contributed by atoms with Crippen LogP contribution in [-0.2, 0) is 14.9 Å². The van der Waals surface area contributed by atoms with Crippen molar-refractivity contribution < 1.29 is 47.1 Å². The SMILES string of the molecule is [N-]=[N+]=NC1=C(S(=O)(=O)Oc2ccc(O)c(C(=O)c3ccc(C(=O)c4cc(O)ccc4O)cc3)c2)c2c(N=[N+]=[N-])cccc2C(=O)C1=O. The molecule has 16 nitrogen and oxygen atoms in total. The number of azide groups is 2. The highest BCUT2D eigenvalue weighted by Gasteiger charge is 2.40. The lowest BCUT2D eigenvalue weighted by atomic mass is 9.92. The lowest BCUT2D eigenvalue weighted by Gasteiger charge is -2.21. The highest BCUT2D eigenvalue weighted by Crippen LogP contribution is 2.41. The number of fused-ring (bicyclic) bond motifs is 1. The zero-order valence-corrected chi connectivity index (χ0v) is 24.1. The maximum atomic E-state index is 13.6. The topological polar surface area (TPSA) is 270 Å². The van der Waals surface area contributed by atoms with Gasteiger partial charge in [0.15, 0.2) is 11.6 Å². The Hall–Kier alpha value is -6.93. The van der Waals surface area contributed by atoms with Crippen molar-refractivity contribution in [3.8, 4) is 23.0 Å². The van der Waals surface area contributed by atoms with Crippen molar-refractivity contribution in [3.05, 3.63) is 139 Å². The van der Waals surface area contributed by atoms with Crippen LogP contribution in [-0.4, -0.2) is 46.9 Å². The van der Waals surface area contributed by atoms with E-state index in [1.54, 1.807) is 0 Å². The van der Waals surface area contributed by atoms with E-state index >= 15 is 0 Å². The van der Waals surface area contributed by atoms with Crippen LogP contribution in [0.1, 0.15) is 47.8 Å². The Morgan fingerprint density at radius 1 is 0.723 bits per heavy atom. The average molecular weight is 653 g/mol. The monoisotopic (exact) mass is 652 g/mol. The van der Waals surface area contributed by atoms with Crippen LogP contribution in [0, 0.1) is 0 Å². The van der Waals surface area contributed by atoms with Crippen LogP contribution >= 0.6 is 0 Å². The van der Waals surface area contributed by atoms with Gasteiger partial charge in [-0.2, -0.15) is 8.42 Å². The minimum absolute atomic E-state index is 0.0415. The van der Waals surface area contributed by atoms with E-state index in [0.29, 0.717) is 0 Å². The number of aromatic hydroxyl groups is 3. The Balaban J connectivity index is 1.52. The molecule has 4 aromatic rings. The Labute approximate surface area is 262 Å². The molecule has 5 rings (SSSR count). The molecule has 1 aliphatic rings. The molecule has 0 aliphatic heterocycles. The van der Waals surface area contributed by atoms with Gasteiger partial charge in [-0.15, -0.1) is 0 Å². The van der Waals surface area contributed by atoms with Crippen LogP contribution in [0.25, 0.3) is 25.8 Å². The van der Waals surface area contributed by atoms with Crippen LogP contribution in [0.3, 0.4) is 0 Å². The summed E-state index contributed by atoms with van der Waals surface area (Å²) in [5.41, 5.74) is 14.8. The van der Waals surface area contributed by atoms with Crippen LogP contribution in [0.5, 0.6) is 23.0 Å². The summed E-state index contributed by atoms with van der Waals surface area (Å²) in [4.78, 5) is 55.5. The number of phenolic OH excluding ortho intramolecular Hbond substituents is 3. The number of carbonyl (C=O) groups is 4. The number of benzene rings is 4. The standard InChI is InChI=1S/C30H16N6O10S/c31-35-33-21-3-1-2-18-24(21)30(25(34-36-32)29(43)28(18)42)47(44,45)46-17-9-11-23(39)20(13-17)27(41)15-6-4-14(5-7-15)26(40)19-12-16(37)8-10-22(19)38/h1-13,37-39H. The average Bonchev–Trinajstić information content (AvgIpc) is 3.05. The number of phenols is 3. The van der Waals surface area contributed by atoms with Gasteiger partial charge in [-0.3, -0.25) is 19.2 Å². The molecule has 47 heavy (non-hydrogen) atoms. The summed E-state index contributed by atoms with van der Waals surface area (Å²) < 4.78 is 32.4. The molecule has 232 valence electrons. The number of Topliss-reactive ketones (excluding diaryl/α,β-unsaturated/α-hetero) is 2. The smallest absolute Gasteiger partial charge is 0.340 e. The first-order valence-corrected chi connectivity index (χ1v) is 14.3. The number of hydrogen-bond donors (Lipinski definition) is 3. The van der Waals surface area contributed by atoms with Crippen molar-refractivity contribution in [1.29, 1.82) is 0 Å². The number of rotatable bonds is 9. The third kappa shape index (κ3) is 5.82. The molecule has 0 heterocycles. The van der Waals surface area contributed by atoms with Crippen molar-refractivity contribution in [2.75, 3.05) is 0 Å². The van der Waals surface area contributed by atoms with Gasteiger partial charge >= 0.3 is 10.1 Å². The second-order valence-electron chi connectivity index (χ2n) is 9.57. The fraction of sp³-hybridized carbons (Fsp3) is 0. The first kappa shape index (κ1) is 31.5. The highest BCUT2D eigenvalue weighted by atomic mass is 32.2. The van der Waals surface area contributed by atoms with Crippen molar-refractivity contribution in [3.63, 3.8) is 0 Å². The summed E-state index contributed by atoms with van der Waals surface area (Å²) in [7, 11) is -5.20. The van der Waals surface area contributed by atoms with Gasteiger partial charge in [0.1, 0.15) is 33.6 Å². The maximum Gasteiger partial charge on any atom is 0.340 e. The predicted molar refractivity (Wildman–Crippen MR) is 161 cm³/mol. The van der Waals surface area contributed by atoms with Gasteiger partial charge in [0.2, 0.25) is 11.6 Å². The van der Waals surface area contributed by atoms with Gasteiger partial charge in [-0.05, 0) is 47.5 Å². The Bertz CT molecular complexity index is 2300. The zero-order valence-electron chi connectivity index (χ0n) is 23.3. The van der Waals surface area contributed by atoms with Crippen LogP contribution < -0.4 is 4.18 Å². The number of ketones is 4. The van der Waals surface area contributed by atoms with Crippen LogP contribution in [0.2, 0.25) is 0 Å². The minimum atomic E-state index is -5.20. The maximum absolute atomic E-state index is 13.6. The highest BCUT2D eigenvalue weighted by molar-refractivity contribution is 7.96. The Morgan fingerprint density at radius 3 is 1.89 bits per heavy atom. The number of nitrogens with zero attached hydrogens (tertiary/aromatic N) is 6. The first-order valence-electron chi connectivity index (χ1n) is 12.9. The third-order valence-corrected chi connectivity index (χ3v) is 8.06. The summed E-state index contributed by atoms with van der Waals surface area (Å²) in [6, 6.07) is 14.6. The van der Waals surface area contributed by atoms with Gasteiger partial charge < -0.3 is 19.5 Å². The predicted octanol–water partition coefficient (Wildman–Crippen LogP) is 5.36. The third-order valence-electron chi connectivity index (χ3n) is 6.75. The van der Waals surface area contributed by atoms with E-state index in [1.165, 1.54) is 36.4 Å². The molecular weight excluding hydrogens is 636 g/mol. The largest absolute Gasteiger partial charge is 0.508 e. The van der Waals surface area contributed by atoms with Crippen LogP contribution in [0.4, 0.5) is 5.69 Å². The van der Waals surface area contributed by atoms with E-state index in [-0.39, 0.29) is 28.2 Å². The van der Waals surface area contributed by atoms with Crippen molar-refractivity contribution in [1.82, 2.24) is 0 Å². The minimum Gasteiger partial charge on any atom is -0.508 e. The Morgan fingerprint density at radius 2 is 1.30 bits per heavy atom. The van der Waals surface area contributed by atoms with Crippen molar-refractivity contribution in [2.24, 2.45) is 10.2 Å². The number of hydrogen-bond acceptors (Lipinski definition) is 12. The summed E-state index contributed by atoms with van der Waals surface area (Å²) >= 11 is 0.